The van der Waals surface area contributed by atoms with Crippen LogP contribution in [0.3, 0.4) is 0 Å². The summed E-state index contributed by atoms with van der Waals surface area (Å²) >= 11 is 0. The Labute approximate surface area is 84.7 Å². The van der Waals surface area contributed by atoms with Crippen LogP contribution in [0.25, 0.3) is 0 Å². The molecule has 0 saturated carbocycles. The van der Waals surface area contributed by atoms with E-state index in [-0.39, 0.29) is 6.04 Å². The number of benzene rings is 1. The standard InChI is InChI=1S/C11H17NO2/c1-3-8-14-11-6-4-10(5-7-11)9(2)12-13/h4-7,9,12-13H,3,8H2,1-2H3. The Morgan fingerprint density at radius 1 is 1.36 bits per heavy atom. The summed E-state index contributed by atoms with van der Waals surface area (Å²) in [4.78, 5) is 0. The molecule has 0 aliphatic carbocycles. The molecule has 0 aliphatic rings. The first-order valence-corrected chi connectivity index (χ1v) is 4.90. The second-order valence-corrected chi connectivity index (χ2v) is 3.27. The van der Waals surface area contributed by atoms with E-state index in [0.717, 1.165) is 24.3 Å². The molecule has 3 heteroatoms. The summed E-state index contributed by atoms with van der Waals surface area (Å²) < 4.78 is 5.44. The SMILES string of the molecule is CCCOc1ccc(C(C)NO)cc1. The van der Waals surface area contributed by atoms with E-state index in [1.54, 1.807) is 0 Å². The van der Waals surface area contributed by atoms with Gasteiger partial charge in [-0.2, -0.15) is 5.48 Å². The highest BCUT2D eigenvalue weighted by atomic mass is 16.5. The number of hydrogen-bond donors (Lipinski definition) is 2. The molecule has 0 spiro atoms. The van der Waals surface area contributed by atoms with Crippen LogP contribution in [-0.2, 0) is 0 Å². The van der Waals surface area contributed by atoms with Crippen LogP contribution in [0.5, 0.6) is 5.75 Å². The second-order valence-electron chi connectivity index (χ2n) is 3.27. The Morgan fingerprint density at radius 2 is 2.00 bits per heavy atom. The van der Waals surface area contributed by atoms with E-state index in [9.17, 15) is 0 Å². The molecule has 0 radical (unpaired) electrons. The van der Waals surface area contributed by atoms with Gasteiger partial charge in [0.25, 0.3) is 0 Å². The van der Waals surface area contributed by atoms with E-state index in [1.807, 2.05) is 31.2 Å². The first kappa shape index (κ1) is 11.0. The molecule has 0 aliphatic heterocycles. The van der Waals surface area contributed by atoms with Crippen molar-refractivity contribution < 1.29 is 9.94 Å². The van der Waals surface area contributed by atoms with Gasteiger partial charge in [-0.1, -0.05) is 19.1 Å². The van der Waals surface area contributed by atoms with Crippen LogP contribution in [0.1, 0.15) is 31.9 Å². The van der Waals surface area contributed by atoms with Crippen LogP contribution in [0, 0.1) is 0 Å². The van der Waals surface area contributed by atoms with Crippen molar-refractivity contribution >= 4 is 0 Å². The highest BCUT2D eigenvalue weighted by Gasteiger charge is 2.02. The third-order valence-corrected chi connectivity index (χ3v) is 2.05. The molecule has 0 amide bonds. The van der Waals surface area contributed by atoms with Gasteiger partial charge in [0.15, 0.2) is 0 Å². The molecule has 14 heavy (non-hydrogen) atoms. The maximum Gasteiger partial charge on any atom is 0.119 e. The predicted octanol–water partition coefficient (Wildman–Crippen LogP) is 2.52. The molecule has 0 saturated heterocycles. The Morgan fingerprint density at radius 3 is 2.50 bits per heavy atom. The zero-order valence-electron chi connectivity index (χ0n) is 8.66. The van der Waals surface area contributed by atoms with Gasteiger partial charge in [0.2, 0.25) is 0 Å². The zero-order valence-corrected chi connectivity index (χ0v) is 8.66. The van der Waals surface area contributed by atoms with E-state index < -0.39 is 0 Å². The number of hydroxylamine groups is 1. The average molecular weight is 195 g/mol. The van der Waals surface area contributed by atoms with E-state index in [4.69, 9.17) is 9.94 Å². The van der Waals surface area contributed by atoms with Crippen LogP contribution < -0.4 is 10.2 Å². The summed E-state index contributed by atoms with van der Waals surface area (Å²) in [6, 6.07) is 7.67. The van der Waals surface area contributed by atoms with Gasteiger partial charge in [-0.15, -0.1) is 0 Å². The van der Waals surface area contributed by atoms with Gasteiger partial charge >= 0.3 is 0 Å². The Bertz CT molecular complexity index is 258. The third-order valence-electron chi connectivity index (χ3n) is 2.05. The summed E-state index contributed by atoms with van der Waals surface area (Å²) in [5.41, 5.74) is 3.24. The van der Waals surface area contributed by atoms with E-state index in [1.165, 1.54) is 0 Å². The molecule has 0 heterocycles. The van der Waals surface area contributed by atoms with Crippen molar-refractivity contribution in [1.29, 1.82) is 0 Å². The third kappa shape index (κ3) is 3.01. The fourth-order valence-corrected chi connectivity index (χ4v) is 1.15. The lowest BCUT2D eigenvalue weighted by Gasteiger charge is -2.10. The van der Waals surface area contributed by atoms with Crippen molar-refractivity contribution in [3.8, 4) is 5.75 Å². The summed E-state index contributed by atoms with van der Waals surface area (Å²) in [7, 11) is 0. The van der Waals surface area contributed by atoms with Crippen molar-refractivity contribution in [3.05, 3.63) is 29.8 Å². The number of nitrogens with one attached hydrogen (secondary N) is 1. The fraction of sp³-hybridized carbons (Fsp3) is 0.455. The van der Waals surface area contributed by atoms with Crippen LogP contribution >= 0.6 is 0 Å². The van der Waals surface area contributed by atoms with E-state index >= 15 is 0 Å². The van der Waals surface area contributed by atoms with Gasteiger partial charge in [-0.3, -0.25) is 0 Å². The molecule has 2 N–H and O–H groups in total. The lowest BCUT2D eigenvalue weighted by atomic mass is 10.1. The van der Waals surface area contributed by atoms with Gasteiger partial charge in [-0.25, -0.2) is 0 Å². The van der Waals surface area contributed by atoms with Crippen molar-refractivity contribution in [1.82, 2.24) is 5.48 Å². The van der Waals surface area contributed by atoms with Crippen LogP contribution in [0.4, 0.5) is 0 Å². The summed E-state index contributed by atoms with van der Waals surface area (Å²) in [6.45, 7) is 4.71. The van der Waals surface area contributed by atoms with Crippen LogP contribution in [0.2, 0.25) is 0 Å². The number of hydrogen-bond acceptors (Lipinski definition) is 3. The molecule has 1 aromatic rings. The van der Waals surface area contributed by atoms with Gasteiger partial charge in [0.1, 0.15) is 5.75 Å². The zero-order chi connectivity index (χ0) is 10.4. The van der Waals surface area contributed by atoms with Crippen molar-refractivity contribution in [3.63, 3.8) is 0 Å². The molecule has 1 unspecified atom stereocenters. The molecular formula is C11H17NO2. The first-order chi connectivity index (χ1) is 6.77. The molecule has 1 atom stereocenters. The Hall–Kier alpha value is -1.06. The average Bonchev–Trinajstić information content (AvgIpc) is 2.26. The molecule has 78 valence electrons. The van der Waals surface area contributed by atoms with E-state index in [0.29, 0.717) is 0 Å². The summed E-state index contributed by atoms with van der Waals surface area (Å²) in [6.07, 6.45) is 1.01. The molecule has 0 fully saturated rings. The number of rotatable bonds is 5. The topological polar surface area (TPSA) is 41.5 Å². The molecular weight excluding hydrogens is 178 g/mol. The smallest absolute Gasteiger partial charge is 0.119 e. The van der Waals surface area contributed by atoms with Gasteiger partial charge < -0.3 is 9.94 Å². The normalized spacial score (nSPS) is 12.5. The Kier molecular flexibility index (Phi) is 4.43. The first-order valence-electron chi connectivity index (χ1n) is 4.90. The summed E-state index contributed by atoms with van der Waals surface area (Å²) in [5, 5.41) is 8.72. The van der Waals surface area contributed by atoms with Crippen molar-refractivity contribution in [2.24, 2.45) is 0 Å². The Balaban J connectivity index is 2.59. The van der Waals surface area contributed by atoms with Gasteiger partial charge in [0, 0.05) is 0 Å². The van der Waals surface area contributed by atoms with Crippen molar-refractivity contribution in [2.45, 2.75) is 26.3 Å². The fourth-order valence-electron chi connectivity index (χ4n) is 1.15. The van der Waals surface area contributed by atoms with Crippen LogP contribution in [0.15, 0.2) is 24.3 Å². The molecule has 1 aromatic carbocycles. The summed E-state index contributed by atoms with van der Waals surface area (Å²) in [5.74, 6) is 0.876. The van der Waals surface area contributed by atoms with Gasteiger partial charge in [0.05, 0.1) is 12.6 Å². The molecule has 3 nitrogen and oxygen atoms in total. The second kappa shape index (κ2) is 5.62. The highest BCUT2D eigenvalue weighted by Crippen LogP contribution is 2.17. The van der Waals surface area contributed by atoms with Gasteiger partial charge in [-0.05, 0) is 31.0 Å². The quantitative estimate of drug-likeness (QED) is 0.709. The van der Waals surface area contributed by atoms with E-state index in [2.05, 4.69) is 12.4 Å². The maximum absolute atomic E-state index is 8.72. The molecule has 0 aromatic heterocycles. The maximum atomic E-state index is 8.72. The minimum absolute atomic E-state index is 0.0461. The predicted molar refractivity (Wildman–Crippen MR) is 55.6 cm³/mol. The van der Waals surface area contributed by atoms with Crippen LogP contribution in [-0.4, -0.2) is 11.8 Å². The minimum Gasteiger partial charge on any atom is -0.494 e. The molecule has 1 rings (SSSR count). The monoisotopic (exact) mass is 195 g/mol. The molecule has 0 bridgehead atoms. The number of ether oxygens (including phenoxy) is 1. The minimum atomic E-state index is -0.0461. The van der Waals surface area contributed by atoms with Crippen molar-refractivity contribution in [2.75, 3.05) is 6.61 Å². The highest BCUT2D eigenvalue weighted by molar-refractivity contribution is 5.28. The largest absolute Gasteiger partial charge is 0.494 e. The lowest BCUT2D eigenvalue weighted by molar-refractivity contribution is 0.133. The lowest BCUT2D eigenvalue weighted by Crippen LogP contribution is -2.12.